The van der Waals surface area contributed by atoms with E-state index in [0.717, 1.165) is 17.8 Å². The second-order valence-corrected chi connectivity index (χ2v) is 5.71. The molecule has 0 unspecified atom stereocenters. The van der Waals surface area contributed by atoms with Gasteiger partial charge in [-0.15, -0.1) is 0 Å². The summed E-state index contributed by atoms with van der Waals surface area (Å²) in [4.78, 5) is 16.6. The molecule has 110 valence electrons. The van der Waals surface area contributed by atoms with Crippen molar-refractivity contribution >= 4 is 5.91 Å². The lowest BCUT2D eigenvalue weighted by Gasteiger charge is -2.19. The molecule has 1 N–H and O–H groups in total. The highest BCUT2D eigenvalue weighted by Crippen LogP contribution is 2.38. The molecule has 1 aromatic carbocycles. The standard InChI is InChI=1S/C16H18FN3O/c1-10-9-13(10)16(21)19-14(15-18-7-8-20(15)2)11-3-5-12(17)6-4-11/h3-8,10,13-14H,9H2,1-2H3,(H,19,21)/t10-,13-,14-/m1/s1. The van der Waals surface area contributed by atoms with E-state index in [-0.39, 0.29) is 23.7 Å². The third kappa shape index (κ3) is 2.82. The number of nitrogens with zero attached hydrogens (tertiary/aromatic N) is 2. The topological polar surface area (TPSA) is 46.9 Å². The number of imidazole rings is 1. The summed E-state index contributed by atoms with van der Waals surface area (Å²) in [5, 5.41) is 3.04. The van der Waals surface area contributed by atoms with Crippen LogP contribution < -0.4 is 5.32 Å². The van der Waals surface area contributed by atoms with Crippen molar-refractivity contribution in [3.63, 3.8) is 0 Å². The molecule has 0 bridgehead atoms. The van der Waals surface area contributed by atoms with Crippen LogP contribution >= 0.6 is 0 Å². The molecule has 0 radical (unpaired) electrons. The van der Waals surface area contributed by atoms with Crippen LogP contribution in [0.5, 0.6) is 0 Å². The number of nitrogens with one attached hydrogen (secondary N) is 1. The highest BCUT2D eigenvalue weighted by atomic mass is 19.1. The van der Waals surface area contributed by atoms with Gasteiger partial charge in [0.25, 0.3) is 0 Å². The fourth-order valence-electron chi connectivity index (χ4n) is 2.54. The molecule has 0 spiro atoms. The van der Waals surface area contributed by atoms with Crippen molar-refractivity contribution in [2.24, 2.45) is 18.9 Å². The Labute approximate surface area is 123 Å². The Morgan fingerprint density at radius 3 is 2.62 bits per heavy atom. The van der Waals surface area contributed by atoms with Gasteiger partial charge < -0.3 is 9.88 Å². The molecule has 0 aliphatic heterocycles. The first-order chi connectivity index (χ1) is 10.1. The number of aromatic nitrogens is 2. The van der Waals surface area contributed by atoms with Crippen LogP contribution in [-0.2, 0) is 11.8 Å². The number of hydrogen-bond acceptors (Lipinski definition) is 2. The number of hydrogen-bond donors (Lipinski definition) is 1. The predicted molar refractivity (Wildman–Crippen MR) is 76.9 cm³/mol. The zero-order valence-electron chi connectivity index (χ0n) is 12.1. The van der Waals surface area contributed by atoms with Gasteiger partial charge in [0.05, 0.1) is 0 Å². The van der Waals surface area contributed by atoms with Crippen molar-refractivity contribution in [2.75, 3.05) is 0 Å². The first-order valence-electron chi connectivity index (χ1n) is 7.09. The first-order valence-corrected chi connectivity index (χ1v) is 7.09. The number of carbonyl (C=O) groups is 1. The van der Waals surface area contributed by atoms with E-state index < -0.39 is 0 Å². The van der Waals surface area contributed by atoms with Crippen molar-refractivity contribution in [3.05, 3.63) is 53.9 Å². The Kier molecular flexibility index (Phi) is 3.49. The largest absolute Gasteiger partial charge is 0.342 e. The minimum absolute atomic E-state index is 0.0415. The van der Waals surface area contributed by atoms with Gasteiger partial charge in [-0.1, -0.05) is 19.1 Å². The van der Waals surface area contributed by atoms with Crippen molar-refractivity contribution in [1.29, 1.82) is 0 Å². The summed E-state index contributed by atoms with van der Waals surface area (Å²) in [5.41, 5.74) is 0.826. The van der Waals surface area contributed by atoms with E-state index in [4.69, 9.17) is 0 Å². The van der Waals surface area contributed by atoms with Crippen LogP contribution in [0.15, 0.2) is 36.7 Å². The number of benzene rings is 1. The van der Waals surface area contributed by atoms with Gasteiger partial charge in [-0.3, -0.25) is 4.79 Å². The molecule has 1 heterocycles. The first kappa shape index (κ1) is 13.8. The molecule has 2 aromatic rings. The summed E-state index contributed by atoms with van der Waals surface area (Å²) >= 11 is 0. The lowest BCUT2D eigenvalue weighted by molar-refractivity contribution is -0.123. The smallest absolute Gasteiger partial charge is 0.224 e. The highest BCUT2D eigenvalue weighted by Gasteiger charge is 2.40. The second kappa shape index (κ2) is 5.31. The van der Waals surface area contributed by atoms with Crippen molar-refractivity contribution in [2.45, 2.75) is 19.4 Å². The summed E-state index contributed by atoms with van der Waals surface area (Å²) < 4.78 is 15.0. The summed E-state index contributed by atoms with van der Waals surface area (Å²) in [6.07, 6.45) is 4.46. The molecule has 5 heteroatoms. The Hall–Kier alpha value is -2.17. The average Bonchev–Trinajstić information content (AvgIpc) is 3.05. The summed E-state index contributed by atoms with van der Waals surface area (Å²) in [7, 11) is 1.88. The molecule has 1 aromatic heterocycles. The molecule has 1 aliphatic carbocycles. The van der Waals surface area contributed by atoms with E-state index in [1.165, 1.54) is 12.1 Å². The molecule has 21 heavy (non-hydrogen) atoms. The van der Waals surface area contributed by atoms with E-state index in [1.807, 2.05) is 17.8 Å². The molecular formula is C16H18FN3O. The molecule has 4 nitrogen and oxygen atoms in total. The maximum atomic E-state index is 13.1. The van der Waals surface area contributed by atoms with Gasteiger partial charge in [-0.25, -0.2) is 9.37 Å². The van der Waals surface area contributed by atoms with Crippen LogP contribution in [0.3, 0.4) is 0 Å². The van der Waals surface area contributed by atoms with Gasteiger partial charge in [0.15, 0.2) is 0 Å². The molecule has 0 saturated heterocycles. The minimum atomic E-state index is -0.356. The molecule has 3 rings (SSSR count). The van der Waals surface area contributed by atoms with Gasteiger partial charge in [0.2, 0.25) is 5.91 Å². The van der Waals surface area contributed by atoms with Crippen LogP contribution in [-0.4, -0.2) is 15.5 Å². The Balaban J connectivity index is 1.89. The summed E-state index contributed by atoms with van der Waals surface area (Å²) in [6, 6.07) is 5.82. The fraction of sp³-hybridized carbons (Fsp3) is 0.375. The fourth-order valence-corrected chi connectivity index (χ4v) is 2.54. The SMILES string of the molecule is C[C@@H]1C[C@H]1C(=O)N[C@H](c1ccc(F)cc1)c1nccn1C. The van der Waals surface area contributed by atoms with Gasteiger partial charge >= 0.3 is 0 Å². The monoisotopic (exact) mass is 287 g/mol. The normalized spacial score (nSPS) is 21.9. The molecule has 1 saturated carbocycles. The van der Waals surface area contributed by atoms with Crippen LogP contribution in [0.1, 0.15) is 30.8 Å². The third-order valence-corrected chi connectivity index (χ3v) is 4.05. The molecule has 3 atom stereocenters. The number of rotatable bonds is 4. The number of halogens is 1. The van der Waals surface area contributed by atoms with Crippen molar-refractivity contribution in [1.82, 2.24) is 14.9 Å². The van der Waals surface area contributed by atoms with Crippen LogP contribution in [0, 0.1) is 17.7 Å². The third-order valence-electron chi connectivity index (χ3n) is 4.05. The Morgan fingerprint density at radius 2 is 2.10 bits per heavy atom. The second-order valence-electron chi connectivity index (χ2n) is 5.71. The van der Waals surface area contributed by atoms with Crippen LogP contribution in [0.4, 0.5) is 4.39 Å². The lowest BCUT2D eigenvalue weighted by atomic mass is 10.1. The van der Waals surface area contributed by atoms with E-state index in [2.05, 4.69) is 17.2 Å². The number of carbonyl (C=O) groups excluding carboxylic acids is 1. The highest BCUT2D eigenvalue weighted by molar-refractivity contribution is 5.82. The quantitative estimate of drug-likeness (QED) is 0.938. The van der Waals surface area contributed by atoms with Gasteiger partial charge in [-0.05, 0) is 30.0 Å². The van der Waals surface area contributed by atoms with E-state index >= 15 is 0 Å². The Morgan fingerprint density at radius 1 is 1.43 bits per heavy atom. The lowest BCUT2D eigenvalue weighted by Crippen LogP contribution is -2.32. The van der Waals surface area contributed by atoms with Gasteiger partial charge in [0.1, 0.15) is 17.7 Å². The Bertz CT molecular complexity index is 650. The predicted octanol–water partition coefficient (Wildman–Crippen LogP) is 2.42. The molecule has 1 aliphatic rings. The van der Waals surface area contributed by atoms with Crippen LogP contribution in [0.2, 0.25) is 0 Å². The molecule has 1 amide bonds. The van der Waals surface area contributed by atoms with E-state index in [9.17, 15) is 9.18 Å². The zero-order chi connectivity index (χ0) is 15.0. The van der Waals surface area contributed by atoms with Crippen molar-refractivity contribution < 1.29 is 9.18 Å². The number of aryl methyl sites for hydroxylation is 1. The zero-order valence-corrected chi connectivity index (χ0v) is 12.1. The molecular weight excluding hydrogens is 269 g/mol. The van der Waals surface area contributed by atoms with Crippen LogP contribution in [0.25, 0.3) is 0 Å². The van der Waals surface area contributed by atoms with Crippen molar-refractivity contribution in [3.8, 4) is 0 Å². The average molecular weight is 287 g/mol. The maximum absolute atomic E-state index is 13.1. The van der Waals surface area contributed by atoms with Gasteiger partial charge in [0, 0.05) is 25.4 Å². The summed E-state index contributed by atoms with van der Waals surface area (Å²) in [6.45, 7) is 2.07. The van der Waals surface area contributed by atoms with E-state index in [1.54, 1.807) is 18.3 Å². The number of amides is 1. The maximum Gasteiger partial charge on any atom is 0.224 e. The minimum Gasteiger partial charge on any atom is -0.342 e. The van der Waals surface area contributed by atoms with Gasteiger partial charge in [-0.2, -0.15) is 0 Å². The molecule has 1 fully saturated rings. The summed E-state index contributed by atoms with van der Waals surface area (Å²) in [5.74, 6) is 1.02. The van der Waals surface area contributed by atoms with E-state index in [0.29, 0.717) is 5.92 Å².